The van der Waals surface area contributed by atoms with E-state index in [0.29, 0.717) is 23.0 Å². The third-order valence-electron chi connectivity index (χ3n) is 5.35. The fourth-order valence-electron chi connectivity index (χ4n) is 3.99. The standard InChI is InChI=1S/C23H18FN5O/c1-13-19(21(25)30)20(17-10-4-5-12-18(17)24)29-23(26-13)27-22(28-29)16-11-6-8-14-7-2-3-9-15(14)16/h2-12,20H,1H3,(H2,25,30)(H,26,27,28). The van der Waals surface area contributed by atoms with Crippen molar-refractivity contribution < 1.29 is 9.18 Å². The summed E-state index contributed by atoms with van der Waals surface area (Å²) in [5.41, 5.74) is 7.60. The molecule has 0 spiro atoms. The molecule has 4 aromatic rings. The van der Waals surface area contributed by atoms with Crippen LogP contribution in [0.25, 0.3) is 22.2 Å². The Hall–Kier alpha value is -4.00. The van der Waals surface area contributed by atoms with Crippen molar-refractivity contribution in [3.05, 3.63) is 89.4 Å². The first-order valence-corrected chi connectivity index (χ1v) is 9.51. The zero-order valence-corrected chi connectivity index (χ0v) is 16.1. The number of rotatable bonds is 3. The van der Waals surface area contributed by atoms with Crippen LogP contribution in [0.1, 0.15) is 18.5 Å². The van der Waals surface area contributed by atoms with E-state index >= 15 is 0 Å². The second kappa shape index (κ2) is 6.81. The minimum atomic E-state index is -0.809. The van der Waals surface area contributed by atoms with E-state index < -0.39 is 17.8 Å². The third kappa shape index (κ3) is 2.75. The molecule has 3 N–H and O–H groups in total. The van der Waals surface area contributed by atoms with Crippen LogP contribution < -0.4 is 11.1 Å². The van der Waals surface area contributed by atoms with Gasteiger partial charge < -0.3 is 11.1 Å². The Kier molecular flexibility index (Phi) is 4.10. The Morgan fingerprint density at radius 2 is 1.80 bits per heavy atom. The number of fused-ring (bicyclic) bond motifs is 2. The summed E-state index contributed by atoms with van der Waals surface area (Å²) in [5.74, 6) is -0.173. The lowest BCUT2D eigenvalue weighted by atomic mass is 9.95. The van der Waals surface area contributed by atoms with Crippen molar-refractivity contribution in [3.8, 4) is 11.4 Å². The first kappa shape index (κ1) is 18.1. The van der Waals surface area contributed by atoms with E-state index in [2.05, 4.69) is 15.4 Å². The Morgan fingerprint density at radius 1 is 1.07 bits per heavy atom. The lowest BCUT2D eigenvalue weighted by molar-refractivity contribution is -0.115. The van der Waals surface area contributed by atoms with Crippen molar-refractivity contribution in [3.63, 3.8) is 0 Å². The molecule has 5 rings (SSSR count). The summed E-state index contributed by atoms with van der Waals surface area (Å²) in [6.45, 7) is 1.73. The highest BCUT2D eigenvalue weighted by atomic mass is 19.1. The summed E-state index contributed by atoms with van der Waals surface area (Å²) >= 11 is 0. The molecule has 1 aromatic heterocycles. The number of hydrogen-bond donors (Lipinski definition) is 2. The SMILES string of the molecule is CC1=C(C(N)=O)C(c2ccccc2F)n2nc(-c3cccc4ccccc34)nc2N1. The first-order valence-electron chi connectivity index (χ1n) is 9.51. The molecule has 1 aliphatic rings. The Balaban J connectivity index is 1.73. The van der Waals surface area contributed by atoms with Crippen LogP contribution in [0.15, 0.2) is 78.0 Å². The third-order valence-corrected chi connectivity index (χ3v) is 5.35. The fourth-order valence-corrected chi connectivity index (χ4v) is 3.99. The summed E-state index contributed by atoms with van der Waals surface area (Å²) in [7, 11) is 0. The topological polar surface area (TPSA) is 85.8 Å². The van der Waals surface area contributed by atoms with Crippen molar-refractivity contribution in [2.24, 2.45) is 5.73 Å². The van der Waals surface area contributed by atoms with E-state index in [1.807, 2.05) is 42.5 Å². The molecule has 148 valence electrons. The summed E-state index contributed by atoms with van der Waals surface area (Å²) < 4.78 is 16.2. The molecule has 1 aliphatic heterocycles. The molecule has 30 heavy (non-hydrogen) atoms. The van der Waals surface area contributed by atoms with Gasteiger partial charge in [0.2, 0.25) is 11.9 Å². The highest BCUT2D eigenvalue weighted by Crippen LogP contribution is 2.37. The second-order valence-corrected chi connectivity index (χ2v) is 7.18. The first-order chi connectivity index (χ1) is 14.5. The van der Waals surface area contributed by atoms with Gasteiger partial charge in [-0.1, -0.05) is 60.7 Å². The number of carbonyl (C=O) groups is 1. The number of nitrogens with two attached hydrogens (primary N) is 1. The van der Waals surface area contributed by atoms with Gasteiger partial charge in [0.1, 0.15) is 11.9 Å². The molecule has 7 heteroatoms. The van der Waals surface area contributed by atoms with Gasteiger partial charge in [-0.05, 0) is 23.8 Å². The van der Waals surface area contributed by atoms with Gasteiger partial charge in [0.05, 0.1) is 5.57 Å². The van der Waals surface area contributed by atoms with Gasteiger partial charge in [0.15, 0.2) is 5.82 Å². The number of nitrogens with zero attached hydrogens (tertiary/aromatic N) is 3. The molecule has 0 saturated heterocycles. The number of benzene rings is 3. The van der Waals surface area contributed by atoms with Gasteiger partial charge in [-0.2, -0.15) is 4.98 Å². The monoisotopic (exact) mass is 399 g/mol. The maximum atomic E-state index is 14.7. The van der Waals surface area contributed by atoms with Crippen LogP contribution in [0.5, 0.6) is 0 Å². The van der Waals surface area contributed by atoms with Crippen LogP contribution in [-0.2, 0) is 4.79 Å². The molecule has 1 unspecified atom stereocenters. The number of aromatic nitrogens is 3. The number of hydrogen-bond acceptors (Lipinski definition) is 4. The van der Waals surface area contributed by atoms with Crippen LogP contribution in [-0.4, -0.2) is 20.7 Å². The summed E-state index contributed by atoms with van der Waals surface area (Å²) in [4.78, 5) is 16.9. The molecule has 0 saturated carbocycles. The van der Waals surface area contributed by atoms with E-state index in [1.165, 1.54) is 10.7 Å². The van der Waals surface area contributed by atoms with Gasteiger partial charge in [-0.25, -0.2) is 9.07 Å². The fraction of sp³-hybridized carbons (Fsp3) is 0.0870. The number of amides is 1. The number of allylic oxidation sites excluding steroid dienone is 1. The quantitative estimate of drug-likeness (QED) is 0.545. The minimum absolute atomic E-state index is 0.252. The Morgan fingerprint density at radius 3 is 2.60 bits per heavy atom. The summed E-state index contributed by atoms with van der Waals surface area (Å²) in [6.07, 6.45) is 0. The molecule has 6 nitrogen and oxygen atoms in total. The molecule has 1 amide bonds. The van der Waals surface area contributed by atoms with Gasteiger partial charge in [-0.15, -0.1) is 5.10 Å². The smallest absolute Gasteiger partial charge is 0.248 e. The lowest BCUT2D eigenvalue weighted by Gasteiger charge is -2.27. The van der Waals surface area contributed by atoms with E-state index in [0.717, 1.165) is 16.3 Å². The molecule has 0 aliphatic carbocycles. The maximum Gasteiger partial charge on any atom is 0.248 e. The van der Waals surface area contributed by atoms with Crippen LogP contribution in [0, 0.1) is 5.82 Å². The molecule has 3 aromatic carbocycles. The number of anilines is 1. The van der Waals surface area contributed by atoms with Crippen molar-refractivity contribution in [2.75, 3.05) is 5.32 Å². The average Bonchev–Trinajstić information content (AvgIpc) is 3.16. The predicted molar refractivity (Wildman–Crippen MR) is 113 cm³/mol. The minimum Gasteiger partial charge on any atom is -0.366 e. The van der Waals surface area contributed by atoms with E-state index in [-0.39, 0.29) is 5.57 Å². The lowest BCUT2D eigenvalue weighted by Crippen LogP contribution is -2.32. The van der Waals surface area contributed by atoms with Crippen molar-refractivity contribution in [1.29, 1.82) is 0 Å². The number of primary amides is 1. The van der Waals surface area contributed by atoms with Crippen molar-refractivity contribution in [2.45, 2.75) is 13.0 Å². The molecular weight excluding hydrogens is 381 g/mol. The second-order valence-electron chi connectivity index (χ2n) is 7.18. The van der Waals surface area contributed by atoms with Crippen LogP contribution in [0.4, 0.5) is 10.3 Å². The molecule has 0 fully saturated rings. The number of nitrogens with one attached hydrogen (secondary N) is 1. The molecular formula is C23H18FN5O. The molecule has 2 heterocycles. The molecule has 0 radical (unpaired) electrons. The van der Waals surface area contributed by atoms with E-state index in [9.17, 15) is 9.18 Å². The largest absolute Gasteiger partial charge is 0.366 e. The van der Waals surface area contributed by atoms with Crippen molar-refractivity contribution >= 4 is 22.6 Å². The highest BCUT2D eigenvalue weighted by molar-refractivity contribution is 5.96. The van der Waals surface area contributed by atoms with Crippen LogP contribution in [0.2, 0.25) is 0 Å². The average molecular weight is 399 g/mol. The molecule has 0 bridgehead atoms. The van der Waals surface area contributed by atoms with E-state index in [4.69, 9.17) is 5.73 Å². The van der Waals surface area contributed by atoms with Crippen LogP contribution in [0.3, 0.4) is 0 Å². The van der Waals surface area contributed by atoms with Gasteiger partial charge in [0.25, 0.3) is 0 Å². The van der Waals surface area contributed by atoms with Crippen LogP contribution >= 0.6 is 0 Å². The van der Waals surface area contributed by atoms with Gasteiger partial charge in [-0.3, -0.25) is 4.79 Å². The predicted octanol–water partition coefficient (Wildman–Crippen LogP) is 4.01. The van der Waals surface area contributed by atoms with E-state index in [1.54, 1.807) is 25.1 Å². The maximum absolute atomic E-state index is 14.7. The zero-order chi connectivity index (χ0) is 20.8. The zero-order valence-electron chi connectivity index (χ0n) is 16.1. The number of halogens is 1. The van der Waals surface area contributed by atoms with Crippen molar-refractivity contribution in [1.82, 2.24) is 14.8 Å². The summed E-state index contributed by atoms with van der Waals surface area (Å²) in [6, 6.07) is 19.4. The number of carbonyl (C=O) groups excluding carboxylic acids is 1. The van der Waals surface area contributed by atoms with Gasteiger partial charge >= 0.3 is 0 Å². The normalized spacial score (nSPS) is 15.7. The summed E-state index contributed by atoms with van der Waals surface area (Å²) in [5, 5.41) is 9.83. The Labute approximate surface area is 171 Å². The molecule has 1 atom stereocenters. The Bertz CT molecular complexity index is 1340. The van der Waals surface area contributed by atoms with Gasteiger partial charge in [0, 0.05) is 16.8 Å². The highest BCUT2D eigenvalue weighted by Gasteiger charge is 2.34.